The summed E-state index contributed by atoms with van der Waals surface area (Å²) in [5, 5.41) is 0. The number of carbonyl (C=O) groups excluding carboxylic acids is 2. The number of hydrogen-bond acceptors (Lipinski definition) is 5. The molecule has 1 heterocycles. The molecule has 3 fully saturated rings. The SMILES string of the molecule is COC12CC[C@@H](N(CC(C)C)C(=O)c3ccccc3)CC1(c1cccc(OC(C)=O)c1)CCN(CC1CC1)C2. The van der Waals surface area contributed by atoms with Gasteiger partial charge in [-0.2, -0.15) is 0 Å². The Balaban J connectivity index is 1.54. The minimum absolute atomic E-state index is 0.0933. The number of esters is 1. The maximum atomic E-state index is 13.9. The summed E-state index contributed by atoms with van der Waals surface area (Å²) >= 11 is 0. The highest BCUT2D eigenvalue weighted by Gasteiger charge is 2.60. The summed E-state index contributed by atoms with van der Waals surface area (Å²) in [6.07, 6.45) is 6.22. The lowest BCUT2D eigenvalue weighted by atomic mass is 9.54. The van der Waals surface area contributed by atoms with Crippen molar-refractivity contribution in [1.29, 1.82) is 0 Å². The molecule has 6 nitrogen and oxygen atoms in total. The van der Waals surface area contributed by atoms with Gasteiger partial charge in [0, 0.05) is 50.7 Å². The number of nitrogens with zero attached hydrogens (tertiary/aromatic N) is 2. The van der Waals surface area contributed by atoms with E-state index in [9.17, 15) is 9.59 Å². The quantitative estimate of drug-likeness (QED) is 0.306. The number of methoxy groups -OCH3 is 1. The molecule has 0 spiro atoms. The molecule has 3 atom stereocenters. The van der Waals surface area contributed by atoms with Crippen LogP contribution in [0.25, 0.3) is 0 Å². The highest BCUT2D eigenvalue weighted by Crippen LogP contribution is 2.55. The third kappa shape index (κ3) is 5.78. The number of amides is 1. The Bertz CT molecular complexity index is 1160. The molecule has 39 heavy (non-hydrogen) atoms. The van der Waals surface area contributed by atoms with Gasteiger partial charge in [0.2, 0.25) is 0 Å². The first-order valence-electron chi connectivity index (χ1n) is 14.7. The van der Waals surface area contributed by atoms with Crippen molar-refractivity contribution in [2.24, 2.45) is 11.8 Å². The molecule has 2 aliphatic carbocycles. The van der Waals surface area contributed by atoms with E-state index in [0.717, 1.165) is 68.9 Å². The zero-order valence-electron chi connectivity index (χ0n) is 24.0. The summed E-state index contributed by atoms with van der Waals surface area (Å²) < 4.78 is 12.1. The van der Waals surface area contributed by atoms with Crippen molar-refractivity contribution in [3.63, 3.8) is 0 Å². The molecule has 1 aliphatic heterocycles. The van der Waals surface area contributed by atoms with Crippen LogP contribution in [-0.4, -0.2) is 66.6 Å². The van der Waals surface area contributed by atoms with Crippen molar-refractivity contribution in [1.82, 2.24) is 9.80 Å². The molecule has 2 unspecified atom stereocenters. The van der Waals surface area contributed by atoms with Gasteiger partial charge in [0.05, 0.1) is 5.60 Å². The number of carbonyl (C=O) groups is 2. The van der Waals surface area contributed by atoms with Crippen molar-refractivity contribution < 1.29 is 19.1 Å². The molecule has 5 rings (SSSR count). The maximum Gasteiger partial charge on any atom is 0.308 e. The third-order valence-corrected chi connectivity index (χ3v) is 9.21. The van der Waals surface area contributed by atoms with Crippen molar-refractivity contribution in [2.45, 2.75) is 76.4 Å². The molecule has 210 valence electrons. The Hall–Kier alpha value is -2.70. The molecule has 1 amide bonds. The Kier molecular flexibility index (Phi) is 8.16. The summed E-state index contributed by atoms with van der Waals surface area (Å²) in [5.41, 5.74) is 1.22. The fourth-order valence-corrected chi connectivity index (χ4v) is 7.21. The van der Waals surface area contributed by atoms with Crippen molar-refractivity contribution in [3.8, 4) is 5.75 Å². The summed E-state index contributed by atoms with van der Waals surface area (Å²) in [7, 11) is 1.87. The van der Waals surface area contributed by atoms with Crippen LogP contribution in [0.2, 0.25) is 0 Å². The summed E-state index contributed by atoms with van der Waals surface area (Å²) in [4.78, 5) is 30.5. The maximum absolute atomic E-state index is 13.9. The molecule has 0 bridgehead atoms. The van der Waals surface area contributed by atoms with E-state index in [2.05, 4.69) is 29.7 Å². The Morgan fingerprint density at radius 3 is 2.49 bits per heavy atom. The minimum atomic E-state index is -0.370. The van der Waals surface area contributed by atoms with E-state index in [1.807, 2.05) is 55.6 Å². The molecular formula is C33H44N2O4. The average molecular weight is 533 g/mol. The van der Waals surface area contributed by atoms with E-state index in [1.54, 1.807) is 0 Å². The lowest BCUT2D eigenvalue weighted by molar-refractivity contribution is -0.155. The summed E-state index contributed by atoms with van der Waals surface area (Å²) in [6, 6.07) is 17.8. The summed E-state index contributed by atoms with van der Waals surface area (Å²) in [6.45, 7) is 9.56. The first kappa shape index (κ1) is 27.9. The van der Waals surface area contributed by atoms with Gasteiger partial charge in [-0.1, -0.05) is 44.2 Å². The second-order valence-corrected chi connectivity index (χ2v) is 12.4. The molecule has 2 aromatic rings. The Morgan fingerprint density at radius 1 is 1.05 bits per heavy atom. The van der Waals surface area contributed by atoms with Crippen molar-refractivity contribution >= 4 is 11.9 Å². The van der Waals surface area contributed by atoms with Gasteiger partial charge in [0.25, 0.3) is 5.91 Å². The number of rotatable bonds is 9. The number of hydrogen-bond donors (Lipinski definition) is 0. The van der Waals surface area contributed by atoms with Crippen molar-refractivity contribution in [2.75, 3.05) is 33.3 Å². The first-order valence-corrected chi connectivity index (χ1v) is 14.7. The van der Waals surface area contributed by atoms with Crippen LogP contribution in [0, 0.1) is 11.8 Å². The van der Waals surface area contributed by atoms with Gasteiger partial charge in [-0.3, -0.25) is 9.59 Å². The molecule has 0 aromatic heterocycles. The number of benzene rings is 2. The lowest BCUT2D eigenvalue weighted by Crippen LogP contribution is -2.68. The van der Waals surface area contributed by atoms with E-state index < -0.39 is 0 Å². The molecule has 3 aliphatic rings. The highest BCUT2D eigenvalue weighted by atomic mass is 16.5. The molecule has 0 radical (unpaired) electrons. The monoisotopic (exact) mass is 532 g/mol. The zero-order valence-corrected chi connectivity index (χ0v) is 24.0. The molecule has 2 aromatic carbocycles. The van der Waals surface area contributed by atoms with Crippen LogP contribution in [0.3, 0.4) is 0 Å². The van der Waals surface area contributed by atoms with Crippen LogP contribution < -0.4 is 4.74 Å². The molecule has 1 saturated heterocycles. The summed E-state index contributed by atoms with van der Waals surface area (Å²) in [5.74, 6) is 1.53. The Labute approximate surface area is 233 Å². The topological polar surface area (TPSA) is 59.1 Å². The minimum Gasteiger partial charge on any atom is -0.427 e. The van der Waals surface area contributed by atoms with Crippen LogP contribution in [0.15, 0.2) is 54.6 Å². The van der Waals surface area contributed by atoms with Gasteiger partial charge in [-0.15, -0.1) is 0 Å². The third-order valence-electron chi connectivity index (χ3n) is 9.21. The van der Waals surface area contributed by atoms with E-state index in [0.29, 0.717) is 11.7 Å². The predicted molar refractivity (Wildman–Crippen MR) is 153 cm³/mol. The zero-order chi connectivity index (χ0) is 27.6. The molecule has 0 N–H and O–H groups in total. The van der Waals surface area contributed by atoms with E-state index in [1.165, 1.54) is 19.8 Å². The normalized spacial score (nSPS) is 27.2. The number of ether oxygens (including phenoxy) is 2. The van der Waals surface area contributed by atoms with Gasteiger partial charge < -0.3 is 19.3 Å². The van der Waals surface area contributed by atoms with E-state index >= 15 is 0 Å². The molecule has 6 heteroatoms. The van der Waals surface area contributed by atoms with Crippen molar-refractivity contribution in [3.05, 3.63) is 65.7 Å². The predicted octanol–water partition coefficient (Wildman–Crippen LogP) is 5.70. The smallest absolute Gasteiger partial charge is 0.308 e. The van der Waals surface area contributed by atoms with Gasteiger partial charge in [0.15, 0.2) is 0 Å². The fraction of sp³-hybridized carbons (Fsp3) is 0.576. The van der Waals surface area contributed by atoms with Crippen LogP contribution in [0.4, 0.5) is 0 Å². The van der Waals surface area contributed by atoms with Crippen LogP contribution in [-0.2, 0) is 14.9 Å². The molecular weight excluding hydrogens is 488 g/mol. The highest BCUT2D eigenvalue weighted by molar-refractivity contribution is 5.94. The first-order chi connectivity index (χ1) is 18.7. The van der Waals surface area contributed by atoms with Gasteiger partial charge in [-0.25, -0.2) is 0 Å². The number of likely N-dealkylation sites (tertiary alicyclic amines) is 1. The van der Waals surface area contributed by atoms with Gasteiger partial charge in [-0.05, 0) is 86.7 Å². The van der Waals surface area contributed by atoms with Crippen LogP contribution in [0.5, 0.6) is 5.75 Å². The molecule has 2 saturated carbocycles. The second kappa shape index (κ2) is 11.4. The van der Waals surface area contributed by atoms with Gasteiger partial charge >= 0.3 is 5.97 Å². The standard InChI is InChI=1S/C33H44N2O4/c1-24(2)21-35(31(37)27-9-6-5-7-10-27)29-15-16-33(38-4)23-34(22-26-13-14-26)18-17-32(33,20-29)28-11-8-12-30(19-28)39-25(3)36/h5-12,19,24,26,29H,13-18,20-23H2,1-4H3/t29-,32?,33?/m1/s1. The number of piperidine rings is 1. The lowest BCUT2D eigenvalue weighted by Gasteiger charge is -2.61. The fourth-order valence-electron chi connectivity index (χ4n) is 7.21. The largest absolute Gasteiger partial charge is 0.427 e. The van der Waals surface area contributed by atoms with E-state index in [-0.39, 0.29) is 28.9 Å². The average Bonchev–Trinajstić information content (AvgIpc) is 3.75. The second-order valence-electron chi connectivity index (χ2n) is 12.4. The van der Waals surface area contributed by atoms with Crippen LogP contribution >= 0.6 is 0 Å². The Morgan fingerprint density at radius 2 is 1.82 bits per heavy atom. The van der Waals surface area contributed by atoms with Gasteiger partial charge in [0.1, 0.15) is 5.75 Å². The number of fused-ring (bicyclic) bond motifs is 1. The van der Waals surface area contributed by atoms with E-state index in [4.69, 9.17) is 9.47 Å². The van der Waals surface area contributed by atoms with Crippen LogP contribution in [0.1, 0.15) is 75.2 Å².